The van der Waals surface area contributed by atoms with Crippen molar-refractivity contribution in [1.82, 2.24) is 5.32 Å². The zero-order chi connectivity index (χ0) is 18.4. The Balaban J connectivity index is 1.58. The molecular weight excluding hydrogens is 314 g/mol. The van der Waals surface area contributed by atoms with Gasteiger partial charge in [-0.1, -0.05) is 90.0 Å². The number of hydrogen-bond acceptors (Lipinski definition) is 1. The second-order valence-corrected chi connectivity index (χ2v) is 7.03. The normalized spacial score (nSPS) is 11.6. The Morgan fingerprint density at radius 2 is 1.38 bits per heavy atom. The Morgan fingerprint density at radius 3 is 2.04 bits per heavy atom. The van der Waals surface area contributed by atoms with Crippen LogP contribution in [-0.4, -0.2) is 0 Å². The second kappa shape index (κ2) is 8.64. The van der Waals surface area contributed by atoms with Gasteiger partial charge in [0.1, 0.15) is 0 Å². The van der Waals surface area contributed by atoms with Crippen LogP contribution in [0.15, 0.2) is 72.8 Å². The summed E-state index contributed by atoms with van der Waals surface area (Å²) in [5.41, 5.74) is 9.10. The smallest absolute Gasteiger partial charge is 0.0208 e. The molecule has 0 saturated carbocycles. The lowest BCUT2D eigenvalue weighted by Crippen LogP contribution is -2.12. The number of nitrogens with one attached hydrogen (secondary N) is 1. The first-order chi connectivity index (χ1) is 12.6. The Bertz CT molecular complexity index is 854. The van der Waals surface area contributed by atoms with Crippen LogP contribution in [0.5, 0.6) is 0 Å². The van der Waals surface area contributed by atoms with E-state index in [1.165, 1.54) is 39.0 Å². The monoisotopic (exact) mass is 341 g/mol. The van der Waals surface area contributed by atoms with Crippen molar-refractivity contribution in [2.45, 2.75) is 33.9 Å². The molecule has 0 heterocycles. The van der Waals surface area contributed by atoms with Crippen molar-refractivity contribution in [2.24, 2.45) is 0 Å². The second-order valence-electron chi connectivity index (χ2n) is 7.03. The molecule has 0 aromatic heterocycles. The lowest BCUT2D eigenvalue weighted by atomic mass is 10.0. The van der Waals surface area contributed by atoms with Gasteiger partial charge in [-0.05, 0) is 48.6 Å². The van der Waals surface area contributed by atoms with Gasteiger partial charge in [0.25, 0.3) is 0 Å². The summed E-state index contributed by atoms with van der Waals surface area (Å²) in [7, 11) is 0. The van der Waals surface area contributed by atoms with Crippen LogP contribution in [-0.2, 0) is 13.1 Å². The van der Waals surface area contributed by atoms with Crippen LogP contribution in [0.3, 0.4) is 0 Å². The predicted molar refractivity (Wildman–Crippen MR) is 113 cm³/mol. The van der Waals surface area contributed by atoms with Crippen LogP contribution in [0, 0.1) is 13.8 Å². The van der Waals surface area contributed by atoms with Gasteiger partial charge in [-0.25, -0.2) is 0 Å². The molecule has 1 heteroatoms. The van der Waals surface area contributed by atoms with Crippen LogP contribution in [0.4, 0.5) is 0 Å². The van der Waals surface area contributed by atoms with E-state index in [2.05, 4.69) is 98.9 Å². The predicted octanol–water partition coefficient (Wildman–Crippen LogP) is 6.15. The molecule has 0 aliphatic rings. The van der Waals surface area contributed by atoms with E-state index in [0.717, 1.165) is 13.1 Å². The molecule has 0 bridgehead atoms. The zero-order valence-electron chi connectivity index (χ0n) is 15.9. The van der Waals surface area contributed by atoms with Gasteiger partial charge in [0.15, 0.2) is 0 Å². The average molecular weight is 341 g/mol. The Morgan fingerprint density at radius 1 is 0.769 bits per heavy atom. The van der Waals surface area contributed by atoms with Crippen molar-refractivity contribution in [3.8, 4) is 0 Å². The SMILES string of the molecule is C/C(=C/c1ccccc1)c1ccc(CNCc2cc(C)cc(C)c2)cc1. The van der Waals surface area contributed by atoms with Crippen LogP contribution in [0.2, 0.25) is 0 Å². The maximum atomic E-state index is 3.55. The molecule has 0 aliphatic heterocycles. The summed E-state index contributed by atoms with van der Waals surface area (Å²) in [5.74, 6) is 0. The molecule has 26 heavy (non-hydrogen) atoms. The van der Waals surface area contributed by atoms with Gasteiger partial charge in [0.05, 0.1) is 0 Å². The molecule has 0 aliphatic carbocycles. The fraction of sp³-hybridized carbons (Fsp3) is 0.200. The van der Waals surface area contributed by atoms with Gasteiger partial charge in [-0.3, -0.25) is 0 Å². The lowest BCUT2D eigenvalue weighted by molar-refractivity contribution is 0.692. The molecule has 0 amide bonds. The summed E-state index contributed by atoms with van der Waals surface area (Å²) in [6.45, 7) is 8.26. The minimum atomic E-state index is 0.884. The van der Waals surface area contributed by atoms with Gasteiger partial charge >= 0.3 is 0 Å². The largest absolute Gasteiger partial charge is 0.309 e. The van der Waals surface area contributed by atoms with Gasteiger partial charge < -0.3 is 5.32 Å². The molecular formula is C25H27N. The third kappa shape index (κ3) is 5.18. The highest BCUT2D eigenvalue weighted by Crippen LogP contribution is 2.18. The highest BCUT2D eigenvalue weighted by atomic mass is 14.8. The molecule has 132 valence electrons. The van der Waals surface area contributed by atoms with Crippen LogP contribution in [0.25, 0.3) is 11.6 Å². The van der Waals surface area contributed by atoms with E-state index in [1.807, 2.05) is 6.07 Å². The molecule has 0 fully saturated rings. The van der Waals surface area contributed by atoms with E-state index < -0.39 is 0 Å². The standard InChI is InChI=1S/C25H27N/c1-19-13-20(2)15-24(14-19)18-26-17-23-9-11-25(12-10-23)21(3)16-22-7-5-4-6-8-22/h4-16,26H,17-18H2,1-3H3/b21-16-. The molecule has 0 spiro atoms. The summed E-state index contributed by atoms with van der Waals surface area (Å²) in [6.07, 6.45) is 2.23. The molecule has 1 nitrogen and oxygen atoms in total. The number of hydrogen-bond donors (Lipinski definition) is 1. The molecule has 0 atom stereocenters. The third-order valence-corrected chi connectivity index (χ3v) is 4.53. The highest BCUT2D eigenvalue weighted by Gasteiger charge is 1.99. The average Bonchev–Trinajstić information content (AvgIpc) is 2.62. The van der Waals surface area contributed by atoms with E-state index >= 15 is 0 Å². The van der Waals surface area contributed by atoms with Gasteiger partial charge in [-0.15, -0.1) is 0 Å². The van der Waals surface area contributed by atoms with E-state index in [1.54, 1.807) is 0 Å². The van der Waals surface area contributed by atoms with E-state index in [9.17, 15) is 0 Å². The highest BCUT2D eigenvalue weighted by molar-refractivity contribution is 5.80. The molecule has 0 radical (unpaired) electrons. The molecule has 3 aromatic carbocycles. The van der Waals surface area contributed by atoms with E-state index in [4.69, 9.17) is 0 Å². The fourth-order valence-electron chi connectivity index (χ4n) is 3.29. The fourth-order valence-corrected chi connectivity index (χ4v) is 3.29. The van der Waals surface area contributed by atoms with Crippen molar-refractivity contribution in [3.63, 3.8) is 0 Å². The summed E-state index contributed by atoms with van der Waals surface area (Å²) in [4.78, 5) is 0. The number of aryl methyl sites for hydroxylation is 2. The van der Waals surface area contributed by atoms with E-state index in [0.29, 0.717) is 0 Å². The number of allylic oxidation sites excluding steroid dienone is 1. The van der Waals surface area contributed by atoms with Crippen molar-refractivity contribution in [3.05, 3.63) is 106 Å². The van der Waals surface area contributed by atoms with E-state index in [-0.39, 0.29) is 0 Å². The first kappa shape index (κ1) is 18.2. The number of benzene rings is 3. The van der Waals surface area contributed by atoms with Crippen LogP contribution in [0.1, 0.15) is 40.3 Å². The molecule has 3 aromatic rings. The summed E-state index contributed by atoms with van der Waals surface area (Å²) in [5, 5.41) is 3.55. The Labute approximate surface area is 157 Å². The summed E-state index contributed by atoms with van der Waals surface area (Å²) < 4.78 is 0. The van der Waals surface area contributed by atoms with Crippen molar-refractivity contribution < 1.29 is 0 Å². The first-order valence-corrected chi connectivity index (χ1v) is 9.21. The van der Waals surface area contributed by atoms with Crippen LogP contribution >= 0.6 is 0 Å². The van der Waals surface area contributed by atoms with Crippen molar-refractivity contribution in [2.75, 3.05) is 0 Å². The minimum Gasteiger partial charge on any atom is -0.309 e. The topological polar surface area (TPSA) is 12.0 Å². The van der Waals surface area contributed by atoms with Gasteiger partial charge in [-0.2, -0.15) is 0 Å². The molecule has 1 N–H and O–H groups in total. The zero-order valence-corrected chi connectivity index (χ0v) is 15.9. The minimum absolute atomic E-state index is 0.884. The Kier molecular flexibility index (Phi) is 6.04. The third-order valence-electron chi connectivity index (χ3n) is 4.53. The van der Waals surface area contributed by atoms with Crippen molar-refractivity contribution in [1.29, 1.82) is 0 Å². The summed E-state index contributed by atoms with van der Waals surface area (Å²) in [6, 6.07) is 26.0. The number of rotatable bonds is 6. The van der Waals surface area contributed by atoms with Gasteiger partial charge in [0.2, 0.25) is 0 Å². The quantitative estimate of drug-likeness (QED) is 0.530. The molecule has 0 saturated heterocycles. The van der Waals surface area contributed by atoms with Crippen molar-refractivity contribution >= 4 is 11.6 Å². The summed E-state index contributed by atoms with van der Waals surface area (Å²) >= 11 is 0. The Hall–Kier alpha value is -2.64. The molecule has 3 rings (SSSR count). The van der Waals surface area contributed by atoms with Gasteiger partial charge in [0, 0.05) is 13.1 Å². The first-order valence-electron chi connectivity index (χ1n) is 9.21. The lowest BCUT2D eigenvalue weighted by Gasteiger charge is -2.09. The maximum Gasteiger partial charge on any atom is 0.0208 e. The molecule has 0 unspecified atom stereocenters. The maximum absolute atomic E-state index is 3.55. The van der Waals surface area contributed by atoms with Crippen LogP contribution < -0.4 is 5.32 Å².